The topological polar surface area (TPSA) is 45.2 Å². The zero-order chi connectivity index (χ0) is 17.3. The Morgan fingerprint density at radius 1 is 1.41 bits per heavy atom. The summed E-state index contributed by atoms with van der Waals surface area (Å²) in [7, 11) is 4.24. The van der Waals surface area contributed by atoms with Gasteiger partial charge in [-0.25, -0.2) is 9.37 Å². The van der Waals surface area contributed by atoms with Gasteiger partial charge >= 0.3 is 0 Å². The van der Waals surface area contributed by atoms with E-state index in [1.165, 1.54) is 12.3 Å². The molecule has 1 N–H and O–H groups in total. The molecule has 1 rings (SSSR count). The number of halogens is 2. The van der Waals surface area contributed by atoms with E-state index in [4.69, 9.17) is 10.7 Å². The average Bonchev–Trinajstić information content (AvgIpc) is 2.24. The van der Waals surface area contributed by atoms with E-state index >= 15 is 0 Å². The van der Waals surface area contributed by atoms with E-state index in [2.05, 4.69) is 30.1 Å². The van der Waals surface area contributed by atoms with Gasteiger partial charge in [-0.15, -0.1) is 0 Å². The monoisotopic (exact) mass is 367 g/mol. The third-order valence-corrected chi connectivity index (χ3v) is 13.2. The molecule has 0 aliphatic heterocycles. The Kier molecular flexibility index (Phi) is 5.95. The predicted molar refractivity (Wildman–Crippen MR) is 95.6 cm³/mol. The highest BCUT2D eigenvalue weighted by Gasteiger charge is 2.40. The minimum atomic E-state index is -3.57. The molecule has 8 heteroatoms. The lowest BCUT2D eigenvalue weighted by Gasteiger charge is -2.40. The summed E-state index contributed by atoms with van der Waals surface area (Å²) in [4.78, 5) is 5.94. The van der Waals surface area contributed by atoms with Crippen LogP contribution in [0.1, 0.15) is 26.3 Å². The minimum Gasteiger partial charge on any atom is -0.305 e. The molecular weight excluding hydrogens is 341 g/mol. The van der Waals surface area contributed by atoms with Crippen molar-refractivity contribution in [2.45, 2.75) is 50.5 Å². The molecule has 0 saturated carbocycles. The fourth-order valence-corrected chi connectivity index (χ4v) is 9.18. The van der Waals surface area contributed by atoms with Gasteiger partial charge in [-0.2, -0.15) is 0 Å². The van der Waals surface area contributed by atoms with Crippen LogP contribution >= 0.6 is 10.7 Å². The average molecular weight is 368 g/mol. The van der Waals surface area contributed by atoms with Crippen LogP contribution in [0.25, 0.3) is 0 Å². The Hall–Kier alpha value is -0.343. The lowest BCUT2D eigenvalue weighted by molar-refractivity contribution is 0.400. The number of nitrogens with one attached hydrogen (secondary N) is 1. The van der Waals surface area contributed by atoms with Gasteiger partial charge in [0.1, 0.15) is 8.24 Å². The van der Waals surface area contributed by atoms with Crippen LogP contribution in [-0.2, 0) is 15.9 Å². The first kappa shape index (κ1) is 19.7. The summed E-state index contributed by atoms with van der Waals surface area (Å²) in [5.41, 5.74) is 0.718. The molecule has 0 spiro atoms. The first-order valence-electron chi connectivity index (χ1n) is 7.15. The SMILES string of the molecule is CN(C)Cc1cnc([SH](=O)(Cl)N[Si](C)(C)C(C)(C)C)c(F)c1. The number of pyridine rings is 1. The third kappa shape index (κ3) is 4.83. The number of hydrogen-bond acceptors (Lipinski definition) is 3. The fraction of sp³-hybridized carbons (Fsp3) is 0.643. The number of hydrogen-bond donors (Lipinski definition) is 2. The molecule has 0 atom stereocenters. The number of rotatable bonds is 5. The van der Waals surface area contributed by atoms with Crippen LogP contribution in [-0.4, -0.2) is 36.4 Å². The van der Waals surface area contributed by atoms with Crippen LogP contribution < -0.4 is 4.39 Å². The molecule has 4 nitrogen and oxygen atoms in total. The van der Waals surface area contributed by atoms with E-state index in [0.29, 0.717) is 6.54 Å². The molecule has 1 heterocycles. The highest BCUT2D eigenvalue weighted by atomic mass is 35.7. The number of nitrogens with zero attached hydrogens (tertiary/aromatic N) is 2. The fourth-order valence-electron chi connectivity index (χ4n) is 1.71. The van der Waals surface area contributed by atoms with Gasteiger partial charge in [0.15, 0.2) is 10.8 Å². The zero-order valence-corrected chi connectivity index (χ0v) is 17.0. The van der Waals surface area contributed by atoms with E-state index in [1.807, 2.05) is 32.1 Å². The molecule has 0 aromatic carbocycles. The molecular formula is C14H27ClFN3OSSi. The molecule has 1 aromatic rings. The van der Waals surface area contributed by atoms with Gasteiger partial charge in [0.2, 0.25) is 0 Å². The normalized spacial score (nSPS) is 14.5. The van der Waals surface area contributed by atoms with Crippen molar-refractivity contribution < 1.29 is 8.60 Å². The second-order valence-corrected chi connectivity index (χ2v) is 16.0. The Morgan fingerprint density at radius 3 is 2.36 bits per heavy atom. The molecule has 0 radical (unpaired) electrons. The molecule has 0 unspecified atom stereocenters. The molecule has 0 aliphatic carbocycles. The number of aromatic nitrogens is 1. The summed E-state index contributed by atoms with van der Waals surface area (Å²) in [6.45, 7) is 10.8. The summed E-state index contributed by atoms with van der Waals surface area (Å²) < 4.78 is 30.2. The van der Waals surface area contributed by atoms with Gasteiger partial charge < -0.3 is 4.90 Å². The van der Waals surface area contributed by atoms with Crippen molar-refractivity contribution in [2.75, 3.05) is 14.1 Å². The van der Waals surface area contributed by atoms with Gasteiger partial charge in [0, 0.05) is 22.1 Å². The smallest absolute Gasteiger partial charge is 0.164 e. The van der Waals surface area contributed by atoms with Crippen molar-refractivity contribution in [1.29, 1.82) is 0 Å². The molecule has 0 bridgehead atoms. The van der Waals surface area contributed by atoms with E-state index in [9.17, 15) is 8.60 Å². The maximum absolute atomic E-state index is 14.3. The lowest BCUT2D eigenvalue weighted by atomic mass is 10.2. The van der Waals surface area contributed by atoms with Gasteiger partial charge in [0.25, 0.3) is 0 Å². The highest BCUT2D eigenvalue weighted by molar-refractivity contribution is 8.22. The minimum absolute atomic E-state index is 0.0705. The quantitative estimate of drug-likeness (QED) is 0.476. The largest absolute Gasteiger partial charge is 0.305 e. The van der Waals surface area contributed by atoms with Crippen LogP contribution in [0.2, 0.25) is 18.1 Å². The maximum Gasteiger partial charge on any atom is 0.164 e. The Balaban J connectivity index is 3.11. The predicted octanol–water partition coefficient (Wildman–Crippen LogP) is 3.32. The van der Waals surface area contributed by atoms with Gasteiger partial charge in [-0.1, -0.05) is 33.9 Å². The van der Waals surface area contributed by atoms with E-state index in [-0.39, 0.29) is 10.1 Å². The molecule has 1 aromatic heterocycles. The van der Waals surface area contributed by atoms with E-state index < -0.39 is 23.4 Å². The second kappa shape index (κ2) is 6.65. The number of thiol groups is 1. The summed E-state index contributed by atoms with van der Waals surface area (Å²) in [5.74, 6) is -0.621. The highest BCUT2D eigenvalue weighted by Crippen LogP contribution is 2.37. The zero-order valence-electron chi connectivity index (χ0n) is 14.4. The van der Waals surface area contributed by atoms with Crippen molar-refractivity contribution in [3.05, 3.63) is 23.6 Å². The summed E-state index contributed by atoms with van der Waals surface area (Å²) in [5, 5.41) is -0.250. The summed E-state index contributed by atoms with van der Waals surface area (Å²) in [6, 6.07) is 1.35. The van der Waals surface area contributed by atoms with Crippen LogP contribution in [0.15, 0.2) is 17.3 Å². The molecule has 0 saturated heterocycles. The Labute approximate surface area is 139 Å². The second-order valence-electron chi connectivity index (χ2n) is 7.41. The maximum atomic E-state index is 14.3. The van der Waals surface area contributed by atoms with E-state index in [1.54, 1.807) is 0 Å². The van der Waals surface area contributed by atoms with Crippen LogP contribution in [0, 0.1) is 5.82 Å². The molecule has 0 fully saturated rings. The molecule has 128 valence electrons. The summed E-state index contributed by atoms with van der Waals surface area (Å²) in [6.07, 6.45) is 1.53. The molecule has 0 aliphatic rings. The van der Waals surface area contributed by atoms with Gasteiger partial charge in [-0.05, 0) is 41.4 Å². The van der Waals surface area contributed by atoms with Crippen molar-refractivity contribution >= 4 is 28.3 Å². The van der Waals surface area contributed by atoms with Crippen molar-refractivity contribution in [3.8, 4) is 0 Å². The molecule has 22 heavy (non-hydrogen) atoms. The van der Waals surface area contributed by atoms with Crippen LogP contribution in [0.4, 0.5) is 4.39 Å². The Bertz CT molecular complexity index is 590. The van der Waals surface area contributed by atoms with Gasteiger partial charge in [0.05, 0.1) is 0 Å². The molecule has 0 amide bonds. The van der Waals surface area contributed by atoms with E-state index in [0.717, 1.165) is 5.56 Å². The lowest BCUT2D eigenvalue weighted by Crippen LogP contribution is -2.55. The van der Waals surface area contributed by atoms with Crippen molar-refractivity contribution in [1.82, 2.24) is 14.3 Å². The Morgan fingerprint density at radius 2 is 1.95 bits per heavy atom. The summed E-state index contributed by atoms with van der Waals surface area (Å²) >= 11 is 0. The van der Waals surface area contributed by atoms with Gasteiger partial charge in [-0.3, -0.25) is 8.60 Å². The van der Waals surface area contributed by atoms with Crippen LogP contribution in [0.3, 0.4) is 0 Å². The van der Waals surface area contributed by atoms with Crippen molar-refractivity contribution in [3.63, 3.8) is 0 Å². The third-order valence-electron chi connectivity index (χ3n) is 3.95. The first-order chi connectivity index (χ1) is 9.76. The standard InChI is InChI=1S/C14H27ClFN3OSSi/c1-14(2,3)22(6,7)18-21(15,20)13-12(16)8-11(9-17-13)10-19(4)5/h8-9,21H,10H2,1-7H3,(H,18,20). The van der Waals surface area contributed by atoms with Crippen molar-refractivity contribution in [2.24, 2.45) is 0 Å². The van der Waals surface area contributed by atoms with Crippen LogP contribution in [0.5, 0.6) is 0 Å². The first-order valence-corrected chi connectivity index (χ1v) is 12.8.